The van der Waals surface area contributed by atoms with Crippen molar-refractivity contribution in [3.05, 3.63) is 64.1 Å². The molecule has 3 nitrogen and oxygen atoms in total. The van der Waals surface area contributed by atoms with E-state index in [0.29, 0.717) is 46.9 Å². The Labute approximate surface area is 188 Å². The normalized spacial score (nSPS) is 18.7. The quantitative estimate of drug-likeness (QED) is 0.406. The average molecular weight is 447 g/mol. The maximum Gasteiger partial charge on any atom is 0.170 e. The second-order valence-corrected chi connectivity index (χ2v) is 9.13. The van der Waals surface area contributed by atoms with Crippen molar-refractivity contribution in [2.45, 2.75) is 51.4 Å². The van der Waals surface area contributed by atoms with Gasteiger partial charge in [0, 0.05) is 29.3 Å². The molecular formula is C25H28Cl2O3. The fourth-order valence-electron chi connectivity index (χ4n) is 4.08. The molecule has 30 heavy (non-hydrogen) atoms. The van der Waals surface area contributed by atoms with E-state index in [9.17, 15) is 9.59 Å². The minimum atomic E-state index is 0.112. The van der Waals surface area contributed by atoms with E-state index in [1.807, 2.05) is 24.3 Å². The van der Waals surface area contributed by atoms with Gasteiger partial charge in [-0.05, 0) is 73.1 Å². The summed E-state index contributed by atoms with van der Waals surface area (Å²) in [6, 6.07) is 14.5. The zero-order valence-electron chi connectivity index (χ0n) is 17.1. The first-order valence-corrected chi connectivity index (χ1v) is 11.4. The molecule has 0 atom stereocenters. The molecule has 1 aliphatic rings. The van der Waals surface area contributed by atoms with Crippen molar-refractivity contribution in [2.24, 2.45) is 11.8 Å². The molecular weight excluding hydrogens is 419 g/mol. The highest BCUT2D eigenvalue weighted by Crippen LogP contribution is 2.33. The molecule has 1 saturated carbocycles. The van der Waals surface area contributed by atoms with Crippen molar-refractivity contribution in [1.29, 1.82) is 0 Å². The Morgan fingerprint density at radius 3 is 2.00 bits per heavy atom. The van der Waals surface area contributed by atoms with E-state index in [4.69, 9.17) is 27.9 Å². The van der Waals surface area contributed by atoms with Crippen LogP contribution in [0.15, 0.2) is 48.5 Å². The maximum atomic E-state index is 12.3. The number of hydrogen-bond acceptors (Lipinski definition) is 3. The Morgan fingerprint density at radius 1 is 0.800 bits per heavy atom. The van der Waals surface area contributed by atoms with Crippen LogP contribution in [0.4, 0.5) is 0 Å². The van der Waals surface area contributed by atoms with Gasteiger partial charge >= 0.3 is 0 Å². The highest BCUT2D eigenvalue weighted by molar-refractivity contribution is 6.30. The van der Waals surface area contributed by atoms with Gasteiger partial charge in [0.05, 0.1) is 0 Å². The fraction of sp³-hybridized carbons (Fsp3) is 0.440. The molecule has 0 aliphatic heterocycles. The Balaban J connectivity index is 1.30. The van der Waals surface area contributed by atoms with Crippen LogP contribution in [-0.4, -0.2) is 18.2 Å². The van der Waals surface area contributed by atoms with E-state index < -0.39 is 0 Å². The largest absolute Gasteiger partial charge is 0.486 e. The van der Waals surface area contributed by atoms with E-state index >= 15 is 0 Å². The van der Waals surface area contributed by atoms with Crippen LogP contribution in [0.5, 0.6) is 5.75 Å². The molecule has 0 heterocycles. The van der Waals surface area contributed by atoms with Gasteiger partial charge in [0.25, 0.3) is 0 Å². The van der Waals surface area contributed by atoms with Gasteiger partial charge in [0.2, 0.25) is 0 Å². The molecule has 0 saturated heterocycles. The van der Waals surface area contributed by atoms with Crippen LogP contribution >= 0.6 is 23.2 Å². The number of carbonyl (C=O) groups excluding carboxylic acids is 2. The number of hydrogen-bond donors (Lipinski definition) is 0. The Kier molecular flexibility index (Phi) is 8.77. The number of carbonyl (C=O) groups is 2. The summed E-state index contributed by atoms with van der Waals surface area (Å²) in [5, 5.41) is 1.34. The van der Waals surface area contributed by atoms with E-state index in [-0.39, 0.29) is 18.2 Å². The van der Waals surface area contributed by atoms with Gasteiger partial charge in [-0.15, -0.1) is 0 Å². The first-order valence-electron chi connectivity index (χ1n) is 10.6. The third-order valence-electron chi connectivity index (χ3n) is 5.84. The van der Waals surface area contributed by atoms with Crippen LogP contribution in [0.2, 0.25) is 10.0 Å². The summed E-state index contributed by atoms with van der Waals surface area (Å²) in [6.45, 7) is 0.112. The Bertz CT molecular complexity index is 822. The predicted octanol–water partition coefficient (Wildman–Crippen LogP) is 6.73. The number of rotatable bonds is 10. The molecule has 0 unspecified atom stereocenters. The first kappa shape index (κ1) is 22.8. The summed E-state index contributed by atoms with van der Waals surface area (Å²) in [4.78, 5) is 24.5. The van der Waals surface area contributed by atoms with Gasteiger partial charge < -0.3 is 4.74 Å². The summed E-state index contributed by atoms with van der Waals surface area (Å²) in [5.41, 5.74) is 1.02. The van der Waals surface area contributed by atoms with E-state index in [1.165, 1.54) is 0 Å². The molecule has 1 fully saturated rings. The van der Waals surface area contributed by atoms with Crippen molar-refractivity contribution >= 4 is 34.8 Å². The van der Waals surface area contributed by atoms with E-state index in [2.05, 4.69) is 0 Å². The summed E-state index contributed by atoms with van der Waals surface area (Å²) in [6.07, 6.45) is 6.96. The van der Waals surface area contributed by atoms with Gasteiger partial charge in [-0.2, -0.15) is 0 Å². The molecule has 0 bridgehead atoms. The number of ketones is 2. The lowest BCUT2D eigenvalue weighted by molar-refractivity contribution is -0.122. The lowest BCUT2D eigenvalue weighted by Gasteiger charge is -2.28. The predicted molar refractivity (Wildman–Crippen MR) is 121 cm³/mol. The Morgan fingerprint density at radius 2 is 1.37 bits per heavy atom. The molecule has 2 aromatic carbocycles. The van der Waals surface area contributed by atoms with Crippen LogP contribution in [0.1, 0.15) is 50.5 Å². The van der Waals surface area contributed by atoms with Gasteiger partial charge in [-0.3, -0.25) is 9.59 Å². The number of ether oxygens (including phenoxy) is 1. The topological polar surface area (TPSA) is 43.4 Å². The molecule has 0 aromatic heterocycles. The SMILES string of the molecule is O=C(CCC1CCC(CC(=O)COc2ccc(Cl)cc2)CC1)Cc1ccc(Cl)cc1. The zero-order chi connectivity index (χ0) is 21.3. The van der Waals surface area contributed by atoms with E-state index in [1.54, 1.807) is 24.3 Å². The highest BCUT2D eigenvalue weighted by Gasteiger charge is 2.23. The summed E-state index contributed by atoms with van der Waals surface area (Å²) in [5.74, 6) is 2.13. The molecule has 0 spiro atoms. The summed E-state index contributed by atoms with van der Waals surface area (Å²) < 4.78 is 5.55. The lowest BCUT2D eigenvalue weighted by atomic mass is 9.78. The molecule has 0 radical (unpaired) electrons. The van der Waals surface area contributed by atoms with Crippen molar-refractivity contribution < 1.29 is 14.3 Å². The molecule has 2 aromatic rings. The minimum absolute atomic E-state index is 0.112. The van der Waals surface area contributed by atoms with Gasteiger partial charge in [0.1, 0.15) is 18.1 Å². The standard InChI is InChI=1S/C25H28Cl2O3/c26-21-8-5-20(6-9-21)15-23(28)12-7-18-1-3-19(4-2-18)16-24(29)17-30-25-13-10-22(27)11-14-25/h5-6,8-11,13-14,18-19H,1-4,7,12,15-17H2. The van der Waals surface area contributed by atoms with Crippen LogP contribution in [0.3, 0.4) is 0 Å². The van der Waals surface area contributed by atoms with Gasteiger partial charge in [-0.25, -0.2) is 0 Å². The third-order valence-corrected chi connectivity index (χ3v) is 6.35. The van der Waals surface area contributed by atoms with Crippen LogP contribution in [0.25, 0.3) is 0 Å². The summed E-state index contributed by atoms with van der Waals surface area (Å²) in [7, 11) is 0. The van der Waals surface area contributed by atoms with Crippen LogP contribution in [0, 0.1) is 11.8 Å². The molecule has 5 heteroatoms. The van der Waals surface area contributed by atoms with Crippen LogP contribution < -0.4 is 4.74 Å². The minimum Gasteiger partial charge on any atom is -0.486 e. The van der Waals surface area contributed by atoms with Gasteiger partial charge in [-0.1, -0.05) is 48.2 Å². The number of benzene rings is 2. The highest BCUT2D eigenvalue weighted by atomic mass is 35.5. The van der Waals surface area contributed by atoms with Crippen molar-refractivity contribution in [1.82, 2.24) is 0 Å². The molecule has 160 valence electrons. The zero-order valence-corrected chi connectivity index (χ0v) is 18.6. The number of halogens is 2. The molecule has 0 amide bonds. The number of Topliss-reactive ketones (excluding diaryl/α,β-unsaturated/α-hetero) is 2. The second-order valence-electron chi connectivity index (χ2n) is 8.25. The van der Waals surface area contributed by atoms with E-state index in [0.717, 1.165) is 37.7 Å². The smallest absolute Gasteiger partial charge is 0.170 e. The van der Waals surface area contributed by atoms with Crippen molar-refractivity contribution in [3.8, 4) is 5.75 Å². The Hall–Kier alpha value is -1.84. The van der Waals surface area contributed by atoms with Crippen molar-refractivity contribution in [2.75, 3.05) is 6.61 Å². The maximum absolute atomic E-state index is 12.3. The molecule has 3 rings (SSSR count). The second kappa shape index (κ2) is 11.5. The average Bonchev–Trinajstić information content (AvgIpc) is 2.74. The fourth-order valence-corrected chi connectivity index (χ4v) is 4.34. The lowest BCUT2D eigenvalue weighted by Crippen LogP contribution is -2.21. The van der Waals surface area contributed by atoms with Crippen molar-refractivity contribution in [3.63, 3.8) is 0 Å². The molecule has 0 N–H and O–H groups in total. The monoisotopic (exact) mass is 446 g/mol. The molecule has 1 aliphatic carbocycles. The first-order chi connectivity index (χ1) is 14.5. The third kappa shape index (κ3) is 7.77. The van der Waals surface area contributed by atoms with Gasteiger partial charge in [0.15, 0.2) is 5.78 Å². The van der Waals surface area contributed by atoms with Crippen LogP contribution in [-0.2, 0) is 16.0 Å². The summed E-state index contributed by atoms with van der Waals surface area (Å²) >= 11 is 11.7.